The number of alkyl halides is 3. The second-order valence-corrected chi connectivity index (χ2v) is 6.31. The van der Waals surface area contributed by atoms with E-state index >= 15 is 0 Å². The van der Waals surface area contributed by atoms with Crippen molar-refractivity contribution in [3.8, 4) is 0 Å². The van der Waals surface area contributed by atoms with Crippen LogP contribution in [-0.4, -0.2) is 43.1 Å². The molecule has 0 bridgehead atoms. The van der Waals surface area contributed by atoms with E-state index in [0.717, 1.165) is 0 Å². The van der Waals surface area contributed by atoms with Crippen molar-refractivity contribution in [3.05, 3.63) is 0 Å². The van der Waals surface area contributed by atoms with Gasteiger partial charge in [-0.3, -0.25) is 4.79 Å². The molecular weight excluding hydrogens is 287 g/mol. The molecule has 0 spiro atoms. The lowest BCUT2D eigenvalue weighted by Crippen LogP contribution is -2.51. The monoisotopic (exact) mass is 311 g/mol. The van der Waals surface area contributed by atoms with E-state index in [1.54, 1.807) is 0 Å². The highest BCUT2D eigenvalue weighted by Crippen LogP contribution is 2.44. The summed E-state index contributed by atoms with van der Waals surface area (Å²) in [6.45, 7) is 4.95. The maximum absolute atomic E-state index is 11.9. The molecule has 1 aliphatic rings. The Balaban J connectivity index is 2.39. The summed E-state index contributed by atoms with van der Waals surface area (Å²) in [5.41, 5.74) is -0.353. The van der Waals surface area contributed by atoms with Crippen LogP contribution in [0.3, 0.4) is 0 Å². The number of ether oxygens (including phenoxy) is 1. The number of carbonyl (C=O) groups is 1. The lowest BCUT2D eigenvalue weighted by atomic mass is 9.61. The van der Waals surface area contributed by atoms with E-state index in [9.17, 15) is 23.1 Å². The van der Waals surface area contributed by atoms with Gasteiger partial charge < -0.3 is 15.2 Å². The first kappa shape index (κ1) is 18.2. The Hall–Kier alpha value is -0.820. The Morgan fingerprint density at radius 2 is 2.00 bits per heavy atom. The van der Waals surface area contributed by atoms with Gasteiger partial charge in [0.2, 0.25) is 0 Å². The minimum atomic E-state index is -4.30. The maximum atomic E-state index is 11.9. The fourth-order valence-corrected chi connectivity index (χ4v) is 3.03. The van der Waals surface area contributed by atoms with Gasteiger partial charge >= 0.3 is 12.1 Å². The van der Waals surface area contributed by atoms with Gasteiger partial charge in [-0.15, -0.1) is 0 Å². The van der Waals surface area contributed by atoms with Gasteiger partial charge in [0, 0.05) is 12.6 Å². The summed E-state index contributed by atoms with van der Waals surface area (Å²) in [6.07, 6.45) is -3.01. The maximum Gasteiger partial charge on any atom is 0.411 e. The molecule has 124 valence electrons. The minimum absolute atomic E-state index is 0.00841. The van der Waals surface area contributed by atoms with Gasteiger partial charge in [-0.25, -0.2) is 0 Å². The highest BCUT2D eigenvalue weighted by Gasteiger charge is 2.45. The van der Waals surface area contributed by atoms with Crippen LogP contribution in [0.4, 0.5) is 13.2 Å². The molecule has 21 heavy (non-hydrogen) atoms. The van der Waals surface area contributed by atoms with Crippen molar-refractivity contribution >= 4 is 5.97 Å². The van der Waals surface area contributed by atoms with Crippen LogP contribution >= 0.6 is 0 Å². The summed E-state index contributed by atoms with van der Waals surface area (Å²) in [4.78, 5) is 11.3. The Labute approximate surface area is 123 Å². The number of hydrogen-bond acceptors (Lipinski definition) is 3. The number of hydrogen-bond donors (Lipinski definition) is 2. The van der Waals surface area contributed by atoms with Crippen molar-refractivity contribution in [2.24, 2.45) is 17.3 Å². The summed E-state index contributed by atoms with van der Waals surface area (Å²) in [7, 11) is 0. The molecule has 0 heterocycles. The van der Waals surface area contributed by atoms with Gasteiger partial charge in [0.1, 0.15) is 6.61 Å². The third-order valence-electron chi connectivity index (χ3n) is 4.66. The molecular formula is C14H24F3NO3. The third kappa shape index (κ3) is 5.14. The number of aliphatic carboxylic acids is 1. The summed E-state index contributed by atoms with van der Waals surface area (Å²) in [5, 5.41) is 12.4. The first-order chi connectivity index (χ1) is 9.55. The van der Waals surface area contributed by atoms with Crippen LogP contribution in [0, 0.1) is 17.3 Å². The highest BCUT2D eigenvalue weighted by molar-refractivity contribution is 5.71. The lowest BCUT2D eigenvalue weighted by molar-refractivity contribution is -0.173. The van der Waals surface area contributed by atoms with Crippen LogP contribution in [0.1, 0.15) is 33.6 Å². The quantitative estimate of drug-likeness (QED) is 0.741. The standard InChI is InChI=1S/C14H24F3NO3/c1-9-11(18-6-7-21-8-14(15,16)17)5-4-10(12(19)20)13(9,2)3/h9-11,18H,4-8H2,1-3H3,(H,19,20). The molecule has 1 saturated carbocycles. The van der Waals surface area contributed by atoms with Gasteiger partial charge in [0.25, 0.3) is 0 Å². The smallest absolute Gasteiger partial charge is 0.411 e. The summed E-state index contributed by atoms with van der Waals surface area (Å²) < 4.78 is 40.3. The van der Waals surface area contributed by atoms with Gasteiger partial charge in [-0.2, -0.15) is 13.2 Å². The molecule has 0 aromatic heterocycles. The van der Waals surface area contributed by atoms with E-state index < -0.39 is 18.8 Å². The molecule has 0 saturated heterocycles. The zero-order valence-electron chi connectivity index (χ0n) is 12.7. The predicted octanol–water partition coefficient (Wildman–Crippen LogP) is 2.68. The lowest BCUT2D eigenvalue weighted by Gasteiger charge is -2.46. The van der Waals surface area contributed by atoms with Crippen molar-refractivity contribution in [2.75, 3.05) is 19.8 Å². The zero-order chi connectivity index (χ0) is 16.3. The third-order valence-corrected chi connectivity index (χ3v) is 4.66. The summed E-state index contributed by atoms with van der Waals surface area (Å²) in [6, 6.07) is 0.102. The van der Waals surface area contributed by atoms with Gasteiger partial charge in [-0.1, -0.05) is 20.8 Å². The highest BCUT2D eigenvalue weighted by atomic mass is 19.4. The van der Waals surface area contributed by atoms with Crippen LogP contribution in [0.25, 0.3) is 0 Å². The Bertz CT molecular complexity index is 358. The number of carboxylic acid groups (broad SMARTS) is 1. The predicted molar refractivity (Wildman–Crippen MR) is 72.0 cm³/mol. The van der Waals surface area contributed by atoms with Crippen molar-refractivity contribution in [1.29, 1.82) is 0 Å². The molecule has 2 N–H and O–H groups in total. The molecule has 0 aromatic rings. The molecule has 0 aromatic carbocycles. The Kier molecular flexibility index (Phi) is 6.04. The van der Waals surface area contributed by atoms with Crippen molar-refractivity contribution in [3.63, 3.8) is 0 Å². The number of carboxylic acids is 1. The van der Waals surface area contributed by atoms with Crippen molar-refractivity contribution < 1.29 is 27.8 Å². The first-order valence-electron chi connectivity index (χ1n) is 7.16. The number of nitrogens with one attached hydrogen (secondary N) is 1. The van der Waals surface area contributed by atoms with Crippen LogP contribution in [0.2, 0.25) is 0 Å². The van der Waals surface area contributed by atoms with Crippen LogP contribution in [0.5, 0.6) is 0 Å². The molecule has 0 radical (unpaired) electrons. The Morgan fingerprint density at radius 3 is 2.52 bits per heavy atom. The second kappa shape index (κ2) is 6.96. The second-order valence-electron chi connectivity index (χ2n) is 6.31. The average Bonchev–Trinajstić information content (AvgIpc) is 2.32. The molecule has 0 aliphatic heterocycles. The number of halogens is 3. The molecule has 1 rings (SSSR count). The van der Waals surface area contributed by atoms with Crippen LogP contribution < -0.4 is 5.32 Å². The van der Waals surface area contributed by atoms with E-state index in [1.165, 1.54) is 0 Å². The van der Waals surface area contributed by atoms with E-state index in [0.29, 0.717) is 19.4 Å². The molecule has 4 nitrogen and oxygen atoms in total. The molecule has 1 fully saturated rings. The van der Waals surface area contributed by atoms with Crippen molar-refractivity contribution in [1.82, 2.24) is 5.32 Å². The molecule has 0 amide bonds. The number of rotatable bonds is 6. The topological polar surface area (TPSA) is 58.6 Å². The fourth-order valence-electron chi connectivity index (χ4n) is 3.03. The van der Waals surface area contributed by atoms with Gasteiger partial charge in [0.05, 0.1) is 12.5 Å². The zero-order valence-corrected chi connectivity index (χ0v) is 12.7. The van der Waals surface area contributed by atoms with E-state index in [-0.39, 0.29) is 29.9 Å². The average molecular weight is 311 g/mol. The summed E-state index contributed by atoms with van der Waals surface area (Å²) >= 11 is 0. The molecule has 7 heteroatoms. The molecule has 1 aliphatic carbocycles. The molecule has 3 atom stereocenters. The minimum Gasteiger partial charge on any atom is -0.481 e. The van der Waals surface area contributed by atoms with E-state index in [4.69, 9.17) is 0 Å². The van der Waals surface area contributed by atoms with Crippen LogP contribution in [-0.2, 0) is 9.53 Å². The van der Waals surface area contributed by atoms with Crippen molar-refractivity contribution in [2.45, 2.75) is 45.8 Å². The first-order valence-corrected chi connectivity index (χ1v) is 7.16. The van der Waals surface area contributed by atoms with Crippen LogP contribution in [0.15, 0.2) is 0 Å². The largest absolute Gasteiger partial charge is 0.481 e. The summed E-state index contributed by atoms with van der Waals surface area (Å²) in [5.74, 6) is -1.04. The van der Waals surface area contributed by atoms with E-state index in [2.05, 4.69) is 10.1 Å². The fraction of sp³-hybridized carbons (Fsp3) is 0.929. The van der Waals surface area contributed by atoms with Gasteiger partial charge in [-0.05, 0) is 24.2 Å². The van der Waals surface area contributed by atoms with E-state index in [1.807, 2.05) is 20.8 Å². The Morgan fingerprint density at radius 1 is 1.38 bits per heavy atom. The van der Waals surface area contributed by atoms with Gasteiger partial charge in [0.15, 0.2) is 0 Å². The SMILES string of the molecule is CC1C(NCCOCC(F)(F)F)CCC(C(=O)O)C1(C)C. The normalized spacial score (nSPS) is 29.3. The molecule has 3 unspecified atom stereocenters.